The zero-order valence-electron chi connectivity index (χ0n) is 29.4. The Morgan fingerprint density at radius 1 is 0.404 bits per heavy atom. The van der Waals surface area contributed by atoms with Gasteiger partial charge in [-0.3, -0.25) is 19.9 Å². The van der Waals surface area contributed by atoms with E-state index >= 15 is 0 Å². The van der Waals surface area contributed by atoms with Crippen molar-refractivity contribution in [3.8, 4) is 33.9 Å². The monoisotopic (exact) mass is 670 g/mol. The Morgan fingerprint density at radius 3 is 1.25 bits per heavy atom. The summed E-state index contributed by atoms with van der Waals surface area (Å²) < 4.78 is 4.74. The predicted molar refractivity (Wildman–Crippen MR) is 214 cm³/mol. The van der Waals surface area contributed by atoms with Gasteiger partial charge in [-0.25, -0.2) is 0 Å². The fraction of sp³-hybridized carbons (Fsp3) is 0.0870. The van der Waals surface area contributed by atoms with E-state index in [-0.39, 0.29) is 0 Å². The molecule has 0 aliphatic rings. The first-order chi connectivity index (χ1) is 25.4. The SMILES string of the molecule is Cc1c(C)n(-c2ccc(-c3cnc4ccccc4c3)nc2)c2c1ccc1c2ccc2c(C)c(C)n(-c3ccc(-c4cnc5ccccc5c4)nc3)c21. The van der Waals surface area contributed by atoms with Crippen molar-refractivity contribution in [3.05, 3.63) is 156 Å². The second-order valence-electron chi connectivity index (χ2n) is 13.7. The van der Waals surface area contributed by atoms with Crippen LogP contribution in [0.4, 0.5) is 0 Å². The zero-order chi connectivity index (χ0) is 35.1. The van der Waals surface area contributed by atoms with Gasteiger partial charge in [-0.15, -0.1) is 0 Å². The molecular formula is C46H34N6. The minimum Gasteiger partial charge on any atom is -0.311 e. The van der Waals surface area contributed by atoms with E-state index in [1.165, 1.54) is 55.1 Å². The van der Waals surface area contributed by atoms with Crippen LogP contribution in [0.5, 0.6) is 0 Å². The number of aromatic nitrogens is 6. The summed E-state index contributed by atoms with van der Waals surface area (Å²) in [6.07, 6.45) is 7.80. The summed E-state index contributed by atoms with van der Waals surface area (Å²) >= 11 is 0. The van der Waals surface area contributed by atoms with Crippen LogP contribution in [0.25, 0.3) is 88.3 Å². The van der Waals surface area contributed by atoms with E-state index in [0.29, 0.717) is 0 Å². The highest BCUT2D eigenvalue weighted by molar-refractivity contribution is 6.17. The lowest BCUT2D eigenvalue weighted by atomic mass is 10.0. The van der Waals surface area contributed by atoms with Crippen LogP contribution in [0.3, 0.4) is 0 Å². The number of fused-ring (bicyclic) bond motifs is 7. The minimum atomic E-state index is 0.902. The molecule has 0 bridgehead atoms. The molecule has 248 valence electrons. The van der Waals surface area contributed by atoms with Crippen molar-refractivity contribution in [1.29, 1.82) is 0 Å². The Hall–Kier alpha value is -6.66. The van der Waals surface area contributed by atoms with Crippen molar-refractivity contribution < 1.29 is 0 Å². The second-order valence-corrected chi connectivity index (χ2v) is 13.7. The normalized spacial score (nSPS) is 11.8. The summed E-state index contributed by atoms with van der Waals surface area (Å²) in [6.45, 7) is 8.85. The standard InChI is InChI=1S/C46H34N6/c1-27-29(3)51(35-13-19-43(49-25-35)33-21-31-9-5-7-11-41(31)47-23-33)45-37(27)15-17-40-39(45)18-16-38-28(2)30(4)52(46(38)40)36-14-20-44(50-26-36)34-22-32-10-6-8-12-42(32)48-24-34/h5-26H,1-4H3. The Balaban J connectivity index is 1.11. The third-order valence-corrected chi connectivity index (χ3v) is 10.9. The third kappa shape index (κ3) is 4.50. The first kappa shape index (κ1) is 30.2. The maximum atomic E-state index is 4.96. The summed E-state index contributed by atoms with van der Waals surface area (Å²) in [5.41, 5.74) is 15.2. The lowest BCUT2D eigenvalue weighted by Crippen LogP contribution is -2.00. The fourth-order valence-electron chi connectivity index (χ4n) is 7.97. The molecule has 10 rings (SSSR count). The van der Waals surface area contributed by atoms with Crippen LogP contribution in [-0.2, 0) is 0 Å². The number of benzene rings is 4. The predicted octanol–water partition coefficient (Wildman–Crippen LogP) is 11.2. The largest absolute Gasteiger partial charge is 0.311 e. The molecule has 4 aromatic carbocycles. The van der Waals surface area contributed by atoms with Gasteiger partial charge in [0.25, 0.3) is 0 Å². The van der Waals surface area contributed by atoms with Gasteiger partial charge in [0, 0.05) is 67.2 Å². The van der Waals surface area contributed by atoms with E-state index in [9.17, 15) is 0 Å². The quantitative estimate of drug-likeness (QED) is 0.187. The van der Waals surface area contributed by atoms with Crippen LogP contribution in [0.1, 0.15) is 22.5 Å². The first-order valence-electron chi connectivity index (χ1n) is 17.6. The van der Waals surface area contributed by atoms with E-state index in [0.717, 1.165) is 55.7 Å². The number of aryl methyl sites for hydroxylation is 2. The van der Waals surface area contributed by atoms with Crippen molar-refractivity contribution in [3.63, 3.8) is 0 Å². The molecule has 0 aliphatic carbocycles. The molecule has 6 nitrogen and oxygen atoms in total. The first-order valence-corrected chi connectivity index (χ1v) is 17.6. The van der Waals surface area contributed by atoms with Gasteiger partial charge in [0.15, 0.2) is 0 Å². The topological polar surface area (TPSA) is 61.4 Å². The van der Waals surface area contributed by atoms with Crippen molar-refractivity contribution in [2.75, 3.05) is 0 Å². The van der Waals surface area contributed by atoms with E-state index in [2.05, 4.69) is 120 Å². The summed E-state index contributed by atoms with van der Waals surface area (Å²) in [6, 6.07) is 38.4. The van der Waals surface area contributed by atoms with E-state index in [1.807, 2.05) is 61.2 Å². The molecule has 10 aromatic rings. The Morgan fingerprint density at radius 2 is 0.827 bits per heavy atom. The molecule has 0 unspecified atom stereocenters. The molecule has 0 radical (unpaired) electrons. The Bertz CT molecular complexity index is 2830. The number of pyridine rings is 4. The Labute approximate surface area is 300 Å². The van der Waals surface area contributed by atoms with Gasteiger partial charge in [-0.1, -0.05) is 60.7 Å². The fourth-order valence-corrected chi connectivity index (χ4v) is 7.97. The molecule has 0 fully saturated rings. The van der Waals surface area contributed by atoms with Crippen LogP contribution in [0.15, 0.2) is 134 Å². The number of para-hydroxylation sites is 2. The molecule has 52 heavy (non-hydrogen) atoms. The average molecular weight is 671 g/mol. The smallest absolute Gasteiger partial charge is 0.0719 e. The molecule has 0 saturated carbocycles. The van der Waals surface area contributed by atoms with Crippen molar-refractivity contribution in [2.45, 2.75) is 27.7 Å². The lowest BCUT2D eigenvalue weighted by Gasteiger charge is -2.14. The maximum Gasteiger partial charge on any atom is 0.0719 e. The van der Waals surface area contributed by atoms with Gasteiger partial charge in [0.05, 0.1) is 57.2 Å². The number of rotatable bonds is 4. The number of nitrogens with zero attached hydrogens (tertiary/aromatic N) is 6. The van der Waals surface area contributed by atoms with E-state index in [1.54, 1.807) is 0 Å². The molecule has 6 aromatic heterocycles. The summed E-state index contributed by atoms with van der Waals surface area (Å²) in [7, 11) is 0. The maximum absolute atomic E-state index is 4.96. The highest BCUT2D eigenvalue weighted by Crippen LogP contribution is 2.40. The number of hydrogen-bond acceptors (Lipinski definition) is 4. The number of hydrogen-bond donors (Lipinski definition) is 0. The van der Waals surface area contributed by atoms with Gasteiger partial charge < -0.3 is 9.13 Å². The van der Waals surface area contributed by atoms with E-state index in [4.69, 9.17) is 9.97 Å². The highest BCUT2D eigenvalue weighted by Gasteiger charge is 2.21. The van der Waals surface area contributed by atoms with Gasteiger partial charge in [-0.05, 0) is 87.4 Å². The van der Waals surface area contributed by atoms with Crippen molar-refractivity contribution >= 4 is 54.4 Å². The van der Waals surface area contributed by atoms with Crippen LogP contribution >= 0.6 is 0 Å². The van der Waals surface area contributed by atoms with Crippen LogP contribution in [0.2, 0.25) is 0 Å². The molecule has 0 amide bonds. The second kappa shape index (κ2) is 11.4. The zero-order valence-corrected chi connectivity index (χ0v) is 29.4. The average Bonchev–Trinajstić information content (AvgIpc) is 3.61. The van der Waals surface area contributed by atoms with Crippen LogP contribution in [0, 0.1) is 27.7 Å². The minimum absolute atomic E-state index is 0.902. The van der Waals surface area contributed by atoms with Gasteiger partial charge >= 0.3 is 0 Å². The molecule has 0 spiro atoms. The summed E-state index contributed by atoms with van der Waals surface area (Å²) in [5, 5.41) is 7.11. The van der Waals surface area contributed by atoms with Crippen LogP contribution < -0.4 is 0 Å². The Kier molecular flexibility index (Phi) is 6.64. The van der Waals surface area contributed by atoms with Crippen LogP contribution in [-0.4, -0.2) is 29.1 Å². The molecule has 6 heterocycles. The van der Waals surface area contributed by atoms with Gasteiger partial charge in [0.1, 0.15) is 0 Å². The molecule has 0 saturated heterocycles. The lowest BCUT2D eigenvalue weighted by molar-refractivity contribution is 1.03. The summed E-state index contributed by atoms with van der Waals surface area (Å²) in [4.78, 5) is 19.2. The summed E-state index contributed by atoms with van der Waals surface area (Å²) in [5.74, 6) is 0. The van der Waals surface area contributed by atoms with Gasteiger partial charge in [0.2, 0.25) is 0 Å². The van der Waals surface area contributed by atoms with E-state index < -0.39 is 0 Å². The highest BCUT2D eigenvalue weighted by atomic mass is 15.0. The molecule has 0 N–H and O–H groups in total. The van der Waals surface area contributed by atoms with Gasteiger partial charge in [-0.2, -0.15) is 0 Å². The molecule has 6 heteroatoms. The third-order valence-electron chi connectivity index (χ3n) is 10.9. The van der Waals surface area contributed by atoms with Crippen molar-refractivity contribution in [2.24, 2.45) is 0 Å². The molecule has 0 atom stereocenters. The molecular weight excluding hydrogens is 637 g/mol. The molecule has 0 aliphatic heterocycles. The van der Waals surface area contributed by atoms with Crippen molar-refractivity contribution in [1.82, 2.24) is 29.1 Å².